The highest BCUT2D eigenvalue weighted by molar-refractivity contribution is 5.93. The predicted octanol–water partition coefficient (Wildman–Crippen LogP) is 0.601. The first-order valence-corrected chi connectivity index (χ1v) is 7.07. The summed E-state index contributed by atoms with van der Waals surface area (Å²) < 4.78 is 1.50. The van der Waals surface area contributed by atoms with Crippen molar-refractivity contribution in [1.82, 2.24) is 30.7 Å². The Bertz CT molecular complexity index is 905. The number of pyridine rings is 1. The second kappa shape index (κ2) is 6.84. The number of carboxylic acids is 1. The number of aromatic carboxylic acids is 1. The summed E-state index contributed by atoms with van der Waals surface area (Å²) in [5, 5.41) is 28.9. The van der Waals surface area contributed by atoms with Crippen LogP contribution in [-0.2, 0) is 6.54 Å². The molecule has 3 aromatic rings. The van der Waals surface area contributed by atoms with Crippen molar-refractivity contribution < 1.29 is 19.9 Å². The molecule has 10 nitrogen and oxygen atoms in total. The van der Waals surface area contributed by atoms with Gasteiger partial charge in [0.05, 0.1) is 12.1 Å². The third-order valence-corrected chi connectivity index (χ3v) is 3.42. The smallest absolute Gasteiger partial charge is 0.337 e. The molecule has 25 heavy (non-hydrogen) atoms. The van der Waals surface area contributed by atoms with Gasteiger partial charge in [-0.15, -0.1) is 5.10 Å². The van der Waals surface area contributed by atoms with Crippen molar-refractivity contribution in [1.29, 1.82) is 0 Å². The van der Waals surface area contributed by atoms with Crippen molar-refractivity contribution in [2.45, 2.75) is 6.54 Å². The van der Waals surface area contributed by atoms with E-state index in [0.717, 1.165) is 5.56 Å². The molecule has 3 rings (SSSR count). The molecule has 0 bridgehead atoms. The number of hydrogen-bond donors (Lipinski definition) is 3. The van der Waals surface area contributed by atoms with E-state index < -0.39 is 11.9 Å². The molecule has 126 valence electrons. The van der Waals surface area contributed by atoms with Crippen LogP contribution in [0.5, 0.6) is 0 Å². The van der Waals surface area contributed by atoms with Gasteiger partial charge in [-0.2, -0.15) is 0 Å². The Morgan fingerprint density at radius 1 is 1.08 bits per heavy atom. The topological polar surface area (TPSA) is 143 Å². The van der Waals surface area contributed by atoms with Crippen molar-refractivity contribution >= 4 is 11.9 Å². The van der Waals surface area contributed by atoms with Gasteiger partial charge in [0, 0.05) is 11.8 Å². The maximum atomic E-state index is 11.3. The van der Waals surface area contributed by atoms with Crippen LogP contribution in [0.4, 0.5) is 0 Å². The van der Waals surface area contributed by atoms with E-state index in [9.17, 15) is 9.59 Å². The third-order valence-electron chi connectivity index (χ3n) is 3.42. The zero-order valence-corrected chi connectivity index (χ0v) is 12.7. The first kappa shape index (κ1) is 16.2. The van der Waals surface area contributed by atoms with Crippen molar-refractivity contribution in [3.8, 4) is 11.5 Å². The average molecular weight is 340 g/mol. The maximum absolute atomic E-state index is 11.3. The Kier molecular flexibility index (Phi) is 4.44. The second-order valence-electron chi connectivity index (χ2n) is 5.04. The lowest BCUT2D eigenvalue weighted by atomic mass is 10.1. The second-order valence-corrected chi connectivity index (χ2v) is 5.04. The number of nitrogens with one attached hydrogen (secondary N) is 1. The van der Waals surface area contributed by atoms with E-state index in [0.29, 0.717) is 23.6 Å². The summed E-state index contributed by atoms with van der Waals surface area (Å²) in [4.78, 5) is 26.3. The normalized spacial score (nSPS) is 10.4. The number of aromatic nitrogens is 5. The van der Waals surface area contributed by atoms with E-state index >= 15 is 0 Å². The van der Waals surface area contributed by atoms with Crippen LogP contribution in [0.25, 0.3) is 11.5 Å². The van der Waals surface area contributed by atoms with Crippen LogP contribution in [0.2, 0.25) is 0 Å². The molecule has 1 aromatic carbocycles. The Hall–Kier alpha value is -3.66. The molecule has 2 heterocycles. The number of rotatable bonds is 5. The molecule has 0 spiro atoms. The highest BCUT2D eigenvalue weighted by Crippen LogP contribution is 2.15. The molecule has 10 heteroatoms. The third kappa shape index (κ3) is 3.48. The maximum Gasteiger partial charge on any atom is 0.337 e. The van der Waals surface area contributed by atoms with Gasteiger partial charge in [0.2, 0.25) is 5.82 Å². The van der Waals surface area contributed by atoms with E-state index in [1.165, 1.54) is 23.0 Å². The molecule has 0 saturated carbocycles. The van der Waals surface area contributed by atoms with Crippen LogP contribution in [0.3, 0.4) is 0 Å². The van der Waals surface area contributed by atoms with Crippen LogP contribution in [0.15, 0.2) is 42.6 Å². The lowest BCUT2D eigenvalue weighted by Crippen LogP contribution is -2.18. The summed E-state index contributed by atoms with van der Waals surface area (Å²) in [6.45, 7) is 0.325. The number of tetrazole rings is 1. The highest BCUT2D eigenvalue weighted by Gasteiger charge is 2.12. The van der Waals surface area contributed by atoms with Gasteiger partial charge >= 0.3 is 5.97 Å². The van der Waals surface area contributed by atoms with Crippen molar-refractivity contribution in [2.75, 3.05) is 0 Å². The van der Waals surface area contributed by atoms with Crippen LogP contribution >= 0.6 is 0 Å². The summed E-state index contributed by atoms with van der Waals surface area (Å²) in [5.74, 6) is -1.28. The fourth-order valence-corrected chi connectivity index (χ4v) is 2.15. The number of hydrogen-bond acceptors (Lipinski definition) is 7. The molecule has 0 aliphatic rings. The van der Waals surface area contributed by atoms with Gasteiger partial charge in [0.15, 0.2) is 0 Å². The molecule has 0 saturated heterocycles. The fourth-order valence-electron chi connectivity index (χ4n) is 2.15. The van der Waals surface area contributed by atoms with E-state index in [2.05, 4.69) is 20.5 Å². The monoisotopic (exact) mass is 340 g/mol. The predicted molar refractivity (Wildman–Crippen MR) is 82.8 cm³/mol. The molecule has 0 unspecified atom stereocenters. The minimum Gasteiger partial charge on any atom is -0.478 e. The summed E-state index contributed by atoms with van der Waals surface area (Å²) in [5.41, 5.74) is 3.21. The molecule has 2 aromatic heterocycles. The Balaban J connectivity index is 1.82. The first-order valence-electron chi connectivity index (χ1n) is 7.07. The van der Waals surface area contributed by atoms with Gasteiger partial charge in [0.1, 0.15) is 5.69 Å². The van der Waals surface area contributed by atoms with Crippen molar-refractivity contribution in [3.63, 3.8) is 0 Å². The number of nitrogens with zero attached hydrogens (tertiary/aromatic N) is 5. The molecule has 0 atom stereocenters. The largest absolute Gasteiger partial charge is 0.478 e. The Morgan fingerprint density at radius 3 is 2.40 bits per heavy atom. The van der Waals surface area contributed by atoms with Gasteiger partial charge < -0.3 is 5.11 Å². The number of benzene rings is 1. The van der Waals surface area contributed by atoms with Crippen LogP contribution in [0.1, 0.15) is 26.3 Å². The van der Waals surface area contributed by atoms with Gasteiger partial charge in [-0.3, -0.25) is 15.0 Å². The summed E-state index contributed by atoms with van der Waals surface area (Å²) in [6, 6.07) is 9.48. The van der Waals surface area contributed by atoms with Gasteiger partial charge in [-0.1, -0.05) is 12.1 Å². The van der Waals surface area contributed by atoms with Crippen LogP contribution < -0.4 is 5.48 Å². The molecule has 3 N–H and O–H groups in total. The summed E-state index contributed by atoms with van der Waals surface area (Å²) >= 11 is 0. The number of carbonyl (C=O) groups excluding carboxylic acids is 1. The van der Waals surface area contributed by atoms with E-state index in [-0.39, 0.29) is 5.56 Å². The molecule has 0 aliphatic heterocycles. The molecule has 0 aliphatic carbocycles. The van der Waals surface area contributed by atoms with Crippen molar-refractivity contribution in [2.24, 2.45) is 0 Å². The molecule has 0 radical (unpaired) electrons. The van der Waals surface area contributed by atoms with E-state index in [1.54, 1.807) is 29.7 Å². The van der Waals surface area contributed by atoms with Crippen molar-refractivity contribution in [3.05, 3.63) is 59.3 Å². The minimum atomic E-state index is -1.06. The lowest BCUT2D eigenvalue weighted by molar-refractivity contribution is 0.0693. The van der Waals surface area contributed by atoms with Crippen LogP contribution in [0, 0.1) is 0 Å². The Labute approximate surface area is 140 Å². The minimum absolute atomic E-state index is 0.0699. The molecular weight excluding hydrogens is 328 g/mol. The summed E-state index contributed by atoms with van der Waals surface area (Å²) in [6.07, 6.45) is 1.24. The number of hydroxylamine groups is 1. The Morgan fingerprint density at radius 2 is 1.80 bits per heavy atom. The summed E-state index contributed by atoms with van der Waals surface area (Å²) in [7, 11) is 0. The van der Waals surface area contributed by atoms with Crippen LogP contribution in [-0.4, -0.2) is 47.4 Å². The van der Waals surface area contributed by atoms with Gasteiger partial charge in [0.25, 0.3) is 5.91 Å². The van der Waals surface area contributed by atoms with E-state index in [1.807, 2.05) is 0 Å². The lowest BCUT2D eigenvalue weighted by Gasteiger charge is -2.06. The first-order chi connectivity index (χ1) is 12.1. The standard InChI is InChI=1S/C15H12N6O4/c22-14(18-25)10-3-1-9(2-4-10)8-21-13(17-19-20-21)12-6-5-11(7-16-12)15(23)24/h1-7,25H,8H2,(H,18,22)(H,23,24). The zero-order chi connectivity index (χ0) is 17.8. The molecule has 0 fully saturated rings. The number of amides is 1. The number of carbonyl (C=O) groups is 2. The van der Waals surface area contributed by atoms with Gasteiger partial charge in [-0.05, 0) is 40.3 Å². The molecular formula is C15H12N6O4. The molecule has 1 amide bonds. The van der Waals surface area contributed by atoms with E-state index in [4.69, 9.17) is 10.3 Å². The quantitative estimate of drug-likeness (QED) is 0.452. The van der Waals surface area contributed by atoms with Gasteiger partial charge in [-0.25, -0.2) is 15.0 Å². The number of carboxylic acid groups (broad SMARTS) is 1. The zero-order valence-electron chi connectivity index (χ0n) is 12.7. The SMILES string of the molecule is O=C(O)c1ccc(-c2nnnn2Cc2ccc(C(=O)NO)cc2)nc1. The fraction of sp³-hybridized carbons (Fsp3) is 0.0667. The highest BCUT2D eigenvalue weighted by atomic mass is 16.5. The average Bonchev–Trinajstić information content (AvgIpc) is 3.10.